The molecular formula is C9H13N5O2. The van der Waals surface area contributed by atoms with Crippen molar-refractivity contribution in [3.63, 3.8) is 0 Å². The molecule has 0 spiro atoms. The summed E-state index contributed by atoms with van der Waals surface area (Å²) >= 11 is 0. The van der Waals surface area contributed by atoms with Gasteiger partial charge in [-0.3, -0.25) is 0 Å². The maximum atomic E-state index is 10.4. The molecule has 7 nitrogen and oxygen atoms in total. The third-order valence-electron chi connectivity index (χ3n) is 2.43. The van der Waals surface area contributed by atoms with Crippen molar-refractivity contribution in [3.05, 3.63) is 17.3 Å². The van der Waals surface area contributed by atoms with Gasteiger partial charge in [-0.05, 0) is 0 Å². The van der Waals surface area contributed by atoms with Crippen LogP contribution in [0.3, 0.4) is 0 Å². The minimum atomic E-state index is 0.492. The van der Waals surface area contributed by atoms with E-state index in [4.69, 9.17) is 4.74 Å². The highest BCUT2D eigenvalue weighted by atomic mass is 16.5. The van der Waals surface area contributed by atoms with Crippen LogP contribution in [0.5, 0.6) is 0 Å². The zero-order valence-electron chi connectivity index (χ0n) is 9.04. The number of aromatic nitrogens is 2. The highest BCUT2D eigenvalue weighted by Crippen LogP contribution is 2.17. The Morgan fingerprint density at radius 3 is 2.88 bits per heavy atom. The number of morpholine rings is 1. The molecule has 2 rings (SSSR count). The predicted molar refractivity (Wildman–Crippen MR) is 59.3 cm³/mol. The smallest absolute Gasteiger partial charge is 0.156 e. The zero-order valence-corrected chi connectivity index (χ0v) is 9.04. The van der Waals surface area contributed by atoms with E-state index in [0.717, 1.165) is 18.9 Å². The second kappa shape index (κ2) is 4.84. The summed E-state index contributed by atoms with van der Waals surface area (Å²) in [4.78, 5) is 20.6. The molecule has 0 saturated carbocycles. The molecule has 0 radical (unpaired) electrons. The summed E-state index contributed by atoms with van der Waals surface area (Å²) in [5, 5.41) is 3.97. The van der Waals surface area contributed by atoms with Crippen LogP contribution in [0.1, 0.15) is 0 Å². The van der Waals surface area contributed by atoms with Crippen molar-refractivity contribution in [1.82, 2.24) is 9.97 Å². The lowest BCUT2D eigenvalue weighted by Crippen LogP contribution is -2.36. The standard InChI is InChI=1S/C9H13N5O2/c1-13(12-15)8-6-9(11-7-10-8)14-2-4-16-5-3-14/h6-7H,2-5H2,1H3. The quantitative estimate of drug-likeness (QED) is 0.546. The van der Waals surface area contributed by atoms with Gasteiger partial charge in [0, 0.05) is 26.2 Å². The summed E-state index contributed by atoms with van der Waals surface area (Å²) in [6, 6.07) is 1.74. The average molecular weight is 223 g/mol. The first-order valence-corrected chi connectivity index (χ1v) is 5.03. The van der Waals surface area contributed by atoms with Gasteiger partial charge in [-0.15, -0.1) is 4.91 Å². The fourth-order valence-corrected chi connectivity index (χ4v) is 1.52. The monoisotopic (exact) mass is 223 g/mol. The topological polar surface area (TPSA) is 70.9 Å². The van der Waals surface area contributed by atoms with Crippen molar-refractivity contribution in [1.29, 1.82) is 0 Å². The number of ether oxygens (including phenoxy) is 1. The van der Waals surface area contributed by atoms with E-state index in [2.05, 4.69) is 20.2 Å². The van der Waals surface area contributed by atoms with Gasteiger partial charge in [0.2, 0.25) is 0 Å². The van der Waals surface area contributed by atoms with E-state index >= 15 is 0 Å². The molecule has 16 heavy (non-hydrogen) atoms. The highest BCUT2D eigenvalue weighted by Gasteiger charge is 2.13. The normalized spacial score (nSPS) is 15.9. The molecule has 86 valence electrons. The zero-order chi connectivity index (χ0) is 11.4. The summed E-state index contributed by atoms with van der Waals surface area (Å²) in [5.74, 6) is 1.29. The van der Waals surface area contributed by atoms with Gasteiger partial charge in [-0.2, -0.15) is 0 Å². The summed E-state index contributed by atoms with van der Waals surface area (Å²) in [7, 11) is 1.55. The summed E-state index contributed by atoms with van der Waals surface area (Å²) in [5.41, 5.74) is 0. The largest absolute Gasteiger partial charge is 0.378 e. The van der Waals surface area contributed by atoms with E-state index in [0.29, 0.717) is 19.0 Å². The third-order valence-corrected chi connectivity index (χ3v) is 2.43. The molecule has 0 bridgehead atoms. The minimum Gasteiger partial charge on any atom is -0.378 e. The Balaban J connectivity index is 2.17. The molecule has 0 N–H and O–H groups in total. The molecule has 0 unspecified atom stereocenters. The number of rotatable bonds is 3. The van der Waals surface area contributed by atoms with Gasteiger partial charge < -0.3 is 9.64 Å². The first-order valence-electron chi connectivity index (χ1n) is 5.03. The summed E-state index contributed by atoms with van der Waals surface area (Å²) in [6.07, 6.45) is 1.43. The van der Waals surface area contributed by atoms with Crippen LogP contribution in [0, 0.1) is 4.91 Å². The van der Waals surface area contributed by atoms with Crippen LogP contribution in [0.25, 0.3) is 0 Å². The molecule has 7 heteroatoms. The van der Waals surface area contributed by atoms with Crippen molar-refractivity contribution in [2.24, 2.45) is 5.29 Å². The highest BCUT2D eigenvalue weighted by molar-refractivity contribution is 5.49. The number of hydrogen-bond acceptors (Lipinski definition) is 6. The van der Waals surface area contributed by atoms with Gasteiger partial charge in [-0.25, -0.2) is 15.0 Å². The van der Waals surface area contributed by atoms with E-state index in [-0.39, 0.29) is 0 Å². The Kier molecular flexibility index (Phi) is 3.25. The molecule has 1 aromatic heterocycles. The fraction of sp³-hybridized carbons (Fsp3) is 0.556. The van der Waals surface area contributed by atoms with Gasteiger partial charge in [0.05, 0.1) is 18.5 Å². The van der Waals surface area contributed by atoms with Crippen molar-refractivity contribution in [2.45, 2.75) is 0 Å². The summed E-state index contributed by atoms with van der Waals surface area (Å²) in [6.45, 7) is 2.99. The molecule has 0 aromatic carbocycles. The van der Waals surface area contributed by atoms with Crippen LogP contribution >= 0.6 is 0 Å². The van der Waals surface area contributed by atoms with Crippen LogP contribution in [-0.4, -0.2) is 43.3 Å². The van der Waals surface area contributed by atoms with E-state index in [1.165, 1.54) is 11.3 Å². The fourth-order valence-electron chi connectivity index (χ4n) is 1.52. The predicted octanol–water partition coefficient (Wildman–Crippen LogP) is 0.431. The number of nitrogens with zero attached hydrogens (tertiary/aromatic N) is 5. The van der Waals surface area contributed by atoms with Crippen LogP contribution in [0.15, 0.2) is 17.7 Å². The van der Waals surface area contributed by atoms with E-state index in [1.807, 2.05) is 0 Å². The molecule has 1 aliphatic rings. The van der Waals surface area contributed by atoms with Crippen molar-refractivity contribution >= 4 is 11.6 Å². The second-order valence-electron chi connectivity index (χ2n) is 3.44. The van der Waals surface area contributed by atoms with Gasteiger partial charge in [0.25, 0.3) is 0 Å². The Labute approximate surface area is 93.0 Å². The van der Waals surface area contributed by atoms with E-state index < -0.39 is 0 Å². The molecule has 1 fully saturated rings. The lowest BCUT2D eigenvalue weighted by molar-refractivity contribution is 0.122. The lowest BCUT2D eigenvalue weighted by Gasteiger charge is -2.27. The van der Waals surface area contributed by atoms with E-state index in [1.54, 1.807) is 13.1 Å². The molecule has 1 aliphatic heterocycles. The SMILES string of the molecule is CN(N=O)c1cc(N2CCOCC2)ncn1. The first kappa shape index (κ1) is 10.7. The van der Waals surface area contributed by atoms with Gasteiger partial charge in [0.15, 0.2) is 5.82 Å². The summed E-state index contributed by atoms with van der Waals surface area (Å²) < 4.78 is 5.26. The number of hydrogen-bond donors (Lipinski definition) is 0. The average Bonchev–Trinajstić information content (AvgIpc) is 2.39. The molecule has 2 heterocycles. The number of nitroso groups, excluding NO2 is 1. The van der Waals surface area contributed by atoms with Crippen molar-refractivity contribution < 1.29 is 4.74 Å². The van der Waals surface area contributed by atoms with Crippen LogP contribution < -0.4 is 9.91 Å². The first-order chi connectivity index (χ1) is 7.81. The number of anilines is 2. The second-order valence-corrected chi connectivity index (χ2v) is 3.44. The molecule has 1 aromatic rings. The van der Waals surface area contributed by atoms with E-state index in [9.17, 15) is 4.91 Å². The van der Waals surface area contributed by atoms with Crippen LogP contribution in [0.4, 0.5) is 11.6 Å². The molecule has 0 atom stereocenters. The van der Waals surface area contributed by atoms with Gasteiger partial charge in [0.1, 0.15) is 12.1 Å². The molecule has 0 aliphatic carbocycles. The maximum Gasteiger partial charge on any atom is 0.156 e. The van der Waals surface area contributed by atoms with Crippen LogP contribution in [-0.2, 0) is 4.74 Å². The maximum absolute atomic E-state index is 10.4. The van der Waals surface area contributed by atoms with Gasteiger partial charge in [-0.1, -0.05) is 0 Å². The minimum absolute atomic E-state index is 0.492. The van der Waals surface area contributed by atoms with Crippen molar-refractivity contribution in [2.75, 3.05) is 43.3 Å². The molecule has 0 amide bonds. The van der Waals surface area contributed by atoms with Crippen molar-refractivity contribution in [3.8, 4) is 0 Å². The Hall–Kier alpha value is -1.76. The molecular weight excluding hydrogens is 210 g/mol. The Morgan fingerprint density at radius 2 is 2.19 bits per heavy atom. The third kappa shape index (κ3) is 2.25. The van der Waals surface area contributed by atoms with Gasteiger partial charge >= 0.3 is 0 Å². The van der Waals surface area contributed by atoms with Crippen LogP contribution in [0.2, 0.25) is 0 Å². The Morgan fingerprint density at radius 1 is 1.44 bits per heavy atom. The Bertz CT molecular complexity index is 367. The molecule has 1 saturated heterocycles. The lowest BCUT2D eigenvalue weighted by atomic mass is 10.4.